The van der Waals surface area contributed by atoms with Crippen molar-refractivity contribution in [2.75, 3.05) is 6.61 Å². The number of hydrogen-bond acceptors (Lipinski definition) is 5. The van der Waals surface area contributed by atoms with E-state index in [2.05, 4.69) is 24.3 Å². The van der Waals surface area contributed by atoms with Gasteiger partial charge < -0.3 is 23.7 Å². The Morgan fingerprint density at radius 1 is 0.684 bits per heavy atom. The number of alkyl halides is 1. The molecule has 4 aromatic rings. The van der Waals surface area contributed by atoms with Crippen LogP contribution in [-0.2, 0) is 50.1 Å². The Hall–Kier alpha value is -3.13. The van der Waals surface area contributed by atoms with Crippen molar-refractivity contribution in [2.24, 2.45) is 0 Å². The first-order valence-electron chi connectivity index (χ1n) is 13.0. The normalized spacial score (nSPS) is 25.6. The van der Waals surface area contributed by atoms with Crippen LogP contribution in [0, 0.1) is 0 Å². The minimum Gasteiger partial charge on any atom is -0.374 e. The number of rotatable bonds is 6. The summed E-state index contributed by atoms with van der Waals surface area (Å²) in [6.45, 7) is 1.42. The van der Waals surface area contributed by atoms with Gasteiger partial charge in [-0.2, -0.15) is 0 Å². The Bertz CT molecular complexity index is 1330. The molecule has 4 aromatic carbocycles. The lowest BCUT2D eigenvalue weighted by Gasteiger charge is -2.44. The van der Waals surface area contributed by atoms with E-state index in [0.717, 1.165) is 33.0 Å². The first-order chi connectivity index (χ1) is 18.7. The van der Waals surface area contributed by atoms with E-state index in [1.807, 2.05) is 72.8 Å². The van der Waals surface area contributed by atoms with Gasteiger partial charge in [0.05, 0.1) is 33.0 Å². The van der Waals surface area contributed by atoms with Crippen LogP contribution in [0.25, 0.3) is 10.8 Å². The minimum absolute atomic E-state index is 0.178. The fraction of sp³-hybridized carbons (Fsp3) is 0.312. The monoisotopic (exact) mass is 514 g/mol. The third kappa shape index (κ3) is 5.65. The standard InChI is InChI=1S/C32H31FO5/c33-32-31(36-18-23-11-5-2-6-12-23)30-29(35-17-22-9-3-1-4-10-22)28(38-32)21-34-19-26-15-24-13-7-8-14-25(24)16-27(26)20-37-30/h1-16,28-32H,17-21H2/t28?,29-,30?,31+,32?/m1/s1. The molecule has 2 bridgehead atoms. The van der Waals surface area contributed by atoms with E-state index in [9.17, 15) is 0 Å². The average molecular weight is 515 g/mol. The SMILES string of the molecule is FC1OC2COCc3cc4ccccc4cc3COC([C@@H]1OCc1ccccc1)[C@@H]2OCc1ccccc1. The van der Waals surface area contributed by atoms with Crippen LogP contribution >= 0.6 is 0 Å². The summed E-state index contributed by atoms with van der Waals surface area (Å²) in [5.74, 6) is 0. The van der Waals surface area contributed by atoms with Crippen LogP contribution in [0.1, 0.15) is 22.3 Å². The van der Waals surface area contributed by atoms with Gasteiger partial charge >= 0.3 is 0 Å². The third-order valence-corrected chi connectivity index (χ3v) is 7.19. The molecule has 2 aliphatic rings. The number of halogens is 1. The van der Waals surface area contributed by atoms with Crippen molar-refractivity contribution in [3.8, 4) is 0 Å². The Kier molecular flexibility index (Phi) is 7.76. The summed E-state index contributed by atoms with van der Waals surface area (Å²) in [6, 6.07) is 32.1. The molecule has 0 spiro atoms. The van der Waals surface area contributed by atoms with E-state index in [-0.39, 0.29) is 19.8 Å². The molecule has 1 saturated heterocycles. The zero-order chi connectivity index (χ0) is 25.7. The second kappa shape index (κ2) is 11.7. The summed E-state index contributed by atoms with van der Waals surface area (Å²) in [6.07, 6.45) is -4.56. The van der Waals surface area contributed by atoms with Crippen molar-refractivity contribution in [3.05, 3.63) is 119 Å². The zero-order valence-electron chi connectivity index (χ0n) is 21.1. The molecule has 0 N–H and O–H groups in total. The van der Waals surface area contributed by atoms with Crippen molar-refractivity contribution in [3.63, 3.8) is 0 Å². The van der Waals surface area contributed by atoms with Crippen LogP contribution in [0.2, 0.25) is 0 Å². The molecule has 0 saturated carbocycles. The molecular weight excluding hydrogens is 483 g/mol. The second-order valence-electron chi connectivity index (χ2n) is 9.81. The molecule has 0 aromatic heterocycles. The lowest BCUT2D eigenvalue weighted by molar-refractivity contribution is -0.299. The first kappa shape index (κ1) is 25.2. The summed E-state index contributed by atoms with van der Waals surface area (Å²) < 4.78 is 46.5. The number of benzene rings is 4. The topological polar surface area (TPSA) is 46.2 Å². The van der Waals surface area contributed by atoms with Gasteiger partial charge in [-0.05, 0) is 45.2 Å². The molecule has 196 valence electrons. The van der Waals surface area contributed by atoms with Crippen molar-refractivity contribution in [1.82, 2.24) is 0 Å². The lowest BCUT2D eigenvalue weighted by atomic mass is 9.97. The van der Waals surface area contributed by atoms with E-state index in [0.29, 0.717) is 13.2 Å². The fourth-order valence-corrected chi connectivity index (χ4v) is 5.17. The molecule has 6 heteroatoms. The van der Waals surface area contributed by atoms with Gasteiger partial charge in [0.2, 0.25) is 6.36 Å². The van der Waals surface area contributed by atoms with E-state index >= 15 is 4.39 Å². The fourth-order valence-electron chi connectivity index (χ4n) is 5.17. The summed E-state index contributed by atoms with van der Waals surface area (Å²) in [4.78, 5) is 0. The van der Waals surface area contributed by atoms with E-state index in [1.165, 1.54) is 0 Å². The molecule has 0 aliphatic carbocycles. The molecule has 38 heavy (non-hydrogen) atoms. The Morgan fingerprint density at radius 2 is 1.24 bits per heavy atom. The molecular formula is C32H31FO5. The van der Waals surface area contributed by atoms with Crippen LogP contribution < -0.4 is 0 Å². The summed E-state index contributed by atoms with van der Waals surface area (Å²) >= 11 is 0. The largest absolute Gasteiger partial charge is 0.374 e. The Morgan fingerprint density at radius 3 is 1.87 bits per heavy atom. The molecule has 0 amide bonds. The highest BCUT2D eigenvalue weighted by molar-refractivity contribution is 5.84. The molecule has 3 unspecified atom stereocenters. The van der Waals surface area contributed by atoms with E-state index in [1.54, 1.807) is 0 Å². The predicted octanol–water partition coefficient (Wildman–Crippen LogP) is 6.12. The van der Waals surface area contributed by atoms with Crippen molar-refractivity contribution in [1.29, 1.82) is 0 Å². The van der Waals surface area contributed by atoms with Gasteiger partial charge in [-0.15, -0.1) is 0 Å². The van der Waals surface area contributed by atoms with Gasteiger partial charge in [0.25, 0.3) is 0 Å². The molecule has 2 heterocycles. The Balaban J connectivity index is 1.30. The maximum absolute atomic E-state index is 15.5. The predicted molar refractivity (Wildman–Crippen MR) is 142 cm³/mol. The zero-order valence-corrected chi connectivity index (χ0v) is 21.1. The van der Waals surface area contributed by atoms with Crippen LogP contribution in [0.15, 0.2) is 97.1 Å². The quantitative estimate of drug-likeness (QED) is 0.310. The minimum atomic E-state index is -1.68. The molecule has 5 nitrogen and oxygen atoms in total. The molecule has 1 fully saturated rings. The van der Waals surface area contributed by atoms with Gasteiger partial charge in [-0.25, -0.2) is 4.39 Å². The summed E-state index contributed by atoms with van der Waals surface area (Å²) in [5, 5.41) is 2.26. The van der Waals surface area contributed by atoms with E-state index in [4.69, 9.17) is 23.7 Å². The van der Waals surface area contributed by atoms with Crippen molar-refractivity contribution < 1.29 is 28.1 Å². The molecule has 6 rings (SSSR count). The lowest BCUT2D eigenvalue weighted by Crippen LogP contribution is -2.60. The van der Waals surface area contributed by atoms with Gasteiger partial charge in [0.15, 0.2) is 0 Å². The van der Waals surface area contributed by atoms with Crippen LogP contribution in [0.3, 0.4) is 0 Å². The number of hydrogen-bond donors (Lipinski definition) is 0. The smallest absolute Gasteiger partial charge is 0.228 e. The van der Waals surface area contributed by atoms with Gasteiger partial charge in [-0.3, -0.25) is 0 Å². The number of fused-ring (bicyclic) bond motifs is 4. The van der Waals surface area contributed by atoms with Crippen LogP contribution in [0.4, 0.5) is 4.39 Å². The molecule has 2 aliphatic heterocycles. The molecule has 5 atom stereocenters. The van der Waals surface area contributed by atoms with Crippen LogP contribution in [-0.4, -0.2) is 37.4 Å². The summed E-state index contributed by atoms with van der Waals surface area (Å²) in [7, 11) is 0. The van der Waals surface area contributed by atoms with E-state index < -0.39 is 30.8 Å². The second-order valence-corrected chi connectivity index (χ2v) is 9.81. The highest BCUT2D eigenvalue weighted by Gasteiger charge is 2.49. The van der Waals surface area contributed by atoms with Gasteiger partial charge in [-0.1, -0.05) is 84.9 Å². The maximum Gasteiger partial charge on any atom is 0.228 e. The van der Waals surface area contributed by atoms with Gasteiger partial charge in [0, 0.05) is 0 Å². The third-order valence-electron chi connectivity index (χ3n) is 7.19. The maximum atomic E-state index is 15.5. The summed E-state index contributed by atoms with van der Waals surface area (Å²) in [5.41, 5.74) is 4.01. The van der Waals surface area contributed by atoms with Crippen molar-refractivity contribution in [2.45, 2.75) is 57.2 Å². The highest BCUT2D eigenvalue weighted by Crippen LogP contribution is 2.33. The first-order valence-corrected chi connectivity index (χ1v) is 13.0. The Labute approximate surface area is 222 Å². The molecule has 0 radical (unpaired) electrons. The number of ether oxygens (including phenoxy) is 5. The highest BCUT2D eigenvalue weighted by atomic mass is 19.1. The van der Waals surface area contributed by atoms with Crippen LogP contribution in [0.5, 0.6) is 0 Å². The van der Waals surface area contributed by atoms with Gasteiger partial charge in [0.1, 0.15) is 24.4 Å². The van der Waals surface area contributed by atoms with Crippen molar-refractivity contribution >= 4 is 10.8 Å². The average Bonchev–Trinajstić information content (AvgIpc) is 2.95.